The van der Waals surface area contributed by atoms with Crippen molar-refractivity contribution in [3.8, 4) is 22.8 Å². The second-order valence-corrected chi connectivity index (χ2v) is 3.97. The first-order valence-electron chi connectivity index (χ1n) is 5.75. The number of hydrogen-bond acceptors (Lipinski definition) is 5. The Kier molecular flexibility index (Phi) is 3.91. The molecule has 6 heteroatoms. The van der Waals surface area contributed by atoms with Crippen LogP contribution in [0.3, 0.4) is 0 Å². The molecule has 102 valence electrons. The minimum atomic E-state index is 0.397. The predicted molar refractivity (Wildman–Crippen MR) is 72.3 cm³/mol. The Morgan fingerprint density at radius 1 is 1.21 bits per heavy atom. The first kappa shape index (κ1) is 13.2. The molecule has 0 aliphatic carbocycles. The van der Waals surface area contributed by atoms with Gasteiger partial charge in [-0.1, -0.05) is 0 Å². The van der Waals surface area contributed by atoms with Gasteiger partial charge in [-0.25, -0.2) is 0 Å². The van der Waals surface area contributed by atoms with Crippen LogP contribution in [0, 0.1) is 0 Å². The molecule has 0 atom stereocenters. The molecule has 0 spiro atoms. The minimum absolute atomic E-state index is 0.397. The fourth-order valence-corrected chi connectivity index (χ4v) is 2.01. The number of aromatic nitrogens is 2. The zero-order valence-electron chi connectivity index (χ0n) is 11.2. The number of ether oxygens (including phenoxy) is 3. The van der Waals surface area contributed by atoms with Gasteiger partial charge in [0, 0.05) is 24.3 Å². The smallest absolute Gasteiger partial charge is 0.166 e. The van der Waals surface area contributed by atoms with Gasteiger partial charge in [-0.2, -0.15) is 5.10 Å². The van der Waals surface area contributed by atoms with Gasteiger partial charge in [0.2, 0.25) is 0 Å². The lowest BCUT2D eigenvalue weighted by atomic mass is 10.0. The highest BCUT2D eigenvalue weighted by molar-refractivity contribution is 5.71. The summed E-state index contributed by atoms with van der Waals surface area (Å²) >= 11 is 0. The highest BCUT2D eigenvalue weighted by Crippen LogP contribution is 2.38. The highest BCUT2D eigenvalue weighted by atomic mass is 16.5. The molecule has 0 aliphatic heterocycles. The summed E-state index contributed by atoms with van der Waals surface area (Å²) in [6.07, 6.45) is 0. The van der Waals surface area contributed by atoms with E-state index < -0.39 is 0 Å². The van der Waals surface area contributed by atoms with Gasteiger partial charge in [0.05, 0.1) is 26.5 Å². The maximum Gasteiger partial charge on any atom is 0.166 e. The van der Waals surface area contributed by atoms with E-state index in [1.54, 1.807) is 27.4 Å². The molecule has 1 heterocycles. The molecule has 0 fully saturated rings. The third kappa shape index (κ3) is 2.48. The number of H-pyrrole nitrogens is 1. The lowest BCUT2D eigenvalue weighted by Crippen LogP contribution is -2.00. The Hall–Kier alpha value is -2.21. The first-order valence-corrected chi connectivity index (χ1v) is 5.75. The number of rotatable bonds is 5. The van der Waals surface area contributed by atoms with E-state index in [0.29, 0.717) is 23.9 Å². The number of nitrogens with zero attached hydrogens (tertiary/aromatic N) is 1. The van der Waals surface area contributed by atoms with Crippen molar-refractivity contribution in [1.29, 1.82) is 0 Å². The largest absolute Gasteiger partial charge is 0.493 e. The Morgan fingerprint density at radius 3 is 2.53 bits per heavy atom. The summed E-state index contributed by atoms with van der Waals surface area (Å²) in [5, 5.41) is 6.81. The number of methoxy groups -OCH3 is 3. The summed E-state index contributed by atoms with van der Waals surface area (Å²) in [6.45, 7) is 0.397. The van der Waals surface area contributed by atoms with Gasteiger partial charge in [-0.3, -0.25) is 5.10 Å². The van der Waals surface area contributed by atoms with Crippen molar-refractivity contribution in [1.82, 2.24) is 10.2 Å². The summed E-state index contributed by atoms with van der Waals surface area (Å²) in [4.78, 5) is 0. The number of benzene rings is 1. The van der Waals surface area contributed by atoms with Gasteiger partial charge in [-0.15, -0.1) is 0 Å². The molecule has 0 amide bonds. The summed E-state index contributed by atoms with van der Waals surface area (Å²) in [5.41, 5.74) is 8.25. The monoisotopic (exact) mass is 263 g/mol. The fourth-order valence-electron chi connectivity index (χ4n) is 2.01. The molecule has 0 saturated carbocycles. The van der Waals surface area contributed by atoms with Crippen LogP contribution in [0.2, 0.25) is 0 Å². The molecule has 0 radical (unpaired) electrons. The zero-order valence-corrected chi connectivity index (χ0v) is 11.2. The van der Waals surface area contributed by atoms with Crippen LogP contribution in [0.5, 0.6) is 11.5 Å². The number of nitrogens with one attached hydrogen (secondary N) is 1. The molecule has 1 aromatic heterocycles. The maximum absolute atomic E-state index is 5.64. The van der Waals surface area contributed by atoms with Crippen molar-refractivity contribution < 1.29 is 14.2 Å². The van der Waals surface area contributed by atoms with E-state index in [9.17, 15) is 0 Å². The molecule has 1 aromatic carbocycles. The van der Waals surface area contributed by atoms with E-state index in [1.165, 1.54) is 0 Å². The van der Waals surface area contributed by atoms with Gasteiger partial charge in [-0.05, 0) is 12.1 Å². The summed E-state index contributed by atoms with van der Waals surface area (Å²) in [5.74, 6) is 1.74. The molecule has 0 aliphatic rings. The minimum Gasteiger partial charge on any atom is -0.493 e. The third-order valence-electron chi connectivity index (χ3n) is 2.82. The van der Waals surface area contributed by atoms with Crippen LogP contribution >= 0.6 is 0 Å². The average molecular weight is 263 g/mol. The summed E-state index contributed by atoms with van der Waals surface area (Å²) in [6, 6.07) is 5.52. The molecule has 19 heavy (non-hydrogen) atoms. The number of anilines is 1. The lowest BCUT2D eigenvalue weighted by Gasteiger charge is -2.15. The van der Waals surface area contributed by atoms with E-state index >= 15 is 0 Å². The Balaban J connectivity index is 2.60. The SMILES string of the molecule is COCc1c(-c2cc(N)n[nH]2)ccc(OC)c1OC. The Labute approximate surface area is 111 Å². The molecule has 3 N–H and O–H groups in total. The van der Waals surface area contributed by atoms with Crippen molar-refractivity contribution in [2.24, 2.45) is 0 Å². The maximum atomic E-state index is 5.64. The van der Waals surface area contributed by atoms with Gasteiger partial charge in [0.25, 0.3) is 0 Å². The van der Waals surface area contributed by atoms with Crippen LogP contribution in [0.25, 0.3) is 11.3 Å². The van der Waals surface area contributed by atoms with Crippen molar-refractivity contribution in [3.63, 3.8) is 0 Å². The molecule has 2 aromatic rings. The van der Waals surface area contributed by atoms with E-state index in [-0.39, 0.29) is 0 Å². The van der Waals surface area contributed by atoms with E-state index in [1.807, 2.05) is 12.1 Å². The topological polar surface area (TPSA) is 82.4 Å². The fraction of sp³-hybridized carbons (Fsp3) is 0.308. The molecule has 0 bridgehead atoms. The standard InChI is InChI=1S/C13H17N3O3/c1-17-7-9-8(10-6-12(14)16-15-10)4-5-11(18-2)13(9)19-3/h4-6H,7H2,1-3H3,(H3,14,15,16). The summed E-state index contributed by atoms with van der Waals surface area (Å²) < 4.78 is 15.9. The van der Waals surface area contributed by atoms with Gasteiger partial charge in [0.1, 0.15) is 5.82 Å². The van der Waals surface area contributed by atoms with E-state index in [0.717, 1.165) is 16.8 Å². The number of nitrogens with two attached hydrogens (primary N) is 1. The van der Waals surface area contributed by atoms with E-state index in [4.69, 9.17) is 19.9 Å². The summed E-state index contributed by atoms with van der Waals surface area (Å²) in [7, 11) is 4.83. The van der Waals surface area contributed by atoms with Crippen LogP contribution in [0.1, 0.15) is 5.56 Å². The second kappa shape index (κ2) is 5.62. The number of nitrogen functional groups attached to an aromatic ring is 1. The van der Waals surface area contributed by atoms with E-state index in [2.05, 4.69) is 10.2 Å². The van der Waals surface area contributed by atoms with Crippen LogP contribution < -0.4 is 15.2 Å². The quantitative estimate of drug-likeness (QED) is 0.859. The molecule has 2 rings (SSSR count). The Morgan fingerprint density at radius 2 is 2.00 bits per heavy atom. The Bertz CT molecular complexity index is 566. The van der Waals surface area contributed by atoms with Gasteiger partial charge in [0.15, 0.2) is 11.5 Å². The van der Waals surface area contributed by atoms with Crippen molar-refractivity contribution >= 4 is 5.82 Å². The third-order valence-corrected chi connectivity index (χ3v) is 2.82. The van der Waals surface area contributed by atoms with Gasteiger partial charge < -0.3 is 19.9 Å². The average Bonchev–Trinajstić information content (AvgIpc) is 2.85. The molecular formula is C13H17N3O3. The first-order chi connectivity index (χ1) is 9.21. The molecular weight excluding hydrogens is 246 g/mol. The van der Waals surface area contributed by atoms with Crippen molar-refractivity contribution in [2.75, 3.05) is 27.1 Å². The predicted octanol–water partition coefficient (Wildman–Crippen LogP) is 1.82. The van der Waals surface area contributed by atoms with Crippen molar-refractivity contribution in [2.45, 2.75) is 6.61 Å². The van der Waals surface area contributed by atoms with Crippen molar-refractivity contribution in [3.05, 3.63) is 23.8 Å². The molecule has 0 saturated heterocycles. The second-order valence-electron chi connectivity index (χ2n) is 3.97. The normalized spacial score (nSPS) is 10.5. The highest BCUT2D eigenvalue weighted by Gasteiger charge is 2.17. The van der Waals surface area contributed by atoms with Crippen LogP contribution in [0.4, 0.5) is 5.82 Å². The number of hydrogen-bond donors (Lipinski definition) is 2. The van der Waals surface area contributed by atoms with Crippen LogP contribution in [-0.2, 0) is 11.3 Å². The van der Waals surface area contributed by atoms with Crippen LogP contribution in [0.15, 0.2) is 18.2 Å². The molecule has 6 nitrogen and oxygen atoms in total. The lowest BCUT2D eigenvalue weighted by molar-refractivity contribution is 0.181. The van der Waals surface area contributed by atoms with Gasteiger partial charge >= 0.3 is 0 Å². The number of aromatic amines is 1. The zero-order chi connectivity index (χ0) is 13.8. The molecule has 0 unspecified atom stereocenters. The van der Waals surface area contributed by atoms with Crippen LogP contribution in [-0.4, -0.2) is 31.5 Å².